The SMILES string of the molecule is C#CCOC(=O)c1ccnc(Cl)c1N. The van der Waals surface area contributed by atoms with Crippen molar-refractivity contribution >= 4 is 23.3 Å². The Labute approximate surface area is 86.0 Å². The van der Waals surface area contributed by atoms with Crippen molar-refractivity contribution < 1.29 is 9.53 Å². The molecule has 2 N–H and O–H groups in total. The highest BCUT2D eigenvalue weighted by Gasteiger charge is 2.13. The molecule has 0 aliphatic heterocycles. The van der Waals surface area contributed by atoms with Crippen LogP contribution in [0.2, 0.25) is 5.15 Å². The van der Waals surface area contributed by atoms with Gasteiger partial charge in [0.25, 0.3) is 0 Å². The van der Waals surface area contributed by atoms with Gasteiger partial charge in [-0.25, -0.2) is 9.78 Å². The number of anilines is 1. The zero-order valence-electron chi connectivity index (χ0n) is 7.16. The molecule has 0 fully saturated rings. The fourth-order valence-electron chi connectivity index (χ4n) is 0.811. The van der Waals surface area contributed by atoms with E-state index in [-0.39, 0.29) is 23.0 Å². The Morgan fingerprint density at radius 2 is 2.50 bits per heavy atom. The number of hydrogen-bond acceptors (Lipinski definition) is 4. The van der Waals surface area contributed by atoms with Crippen LogP contribution in [0.4, 0.5) is 5.69 Å². The second-order valence-corrected chi connectivity index (χ2v) is 2.70. The normalized spacial score (nSPS) is 9.14. The fourth-order valence-corrected chi connectivity index (χ4v) is 0.969. The Balaban J connectivity index is 2.91. The van der Waals surface area contributed by atoms with Crippen molar-refractivity contribution in [2.24, 2.45) is 0 Å². The van der Waals surface area contributed by atoms with Gasteiger partial charge in [-0.15, -0.1) is 6.42 Å². The number of ether oxygens (including phenoxy) is 1. The molecule has 0 amide bonds. The summed E-state index contributed by atoms with van der Waals surface area (Å²) in [5, 5.41) is 0.0696. The van der Waals surface area contributed by atoms with E-state index in [0.29, 0.717) is 0 Å². The van der Waals surface area contributed by atoms with Crippen molar-refractivity contribution in [3.8, 4) is 12.3 Å². The number of nitrogens with zero attached hydrogens (tertiary/aromatic N) is 1. The van der Waals surface area contributed by atoms with Crippen molar-refractivity contribution in [3.63, 3.8) is 0 Å². The minimum atomic E-state index is -0.607. The van der Waals surface area contributed by atoms with Crippen molar-refractivity contribution in [1.82, 2.24) is 4.98 Å². The number of nitrogens with two attached hydrogens (primary N) is 1. The molecule has 0 atom stereocenters. The average molecular weight is 211 g/mol. The summed E-state index contributed by atoms with van der Waals surface area (Å²) in [5.41, 5.74) is 5.77. The van der Waals surface area contributed by atoms with E-state index in [9.17, 15) is 4.79 Å². The Kier molecular flexibility index (Phi) is 3.32. The van der Waals surface area contributed by atoms with E-state index in [1.165, 1.54) is 12.3 Å². The maximum Gasteiger partial charge on any atom is 0.341 e. The fraction of sp³-hybridized carbons (Fsp3) is 0.111. The van der Waals surface area contributed by atoms with Gasteiger partial charge in [-0.05, 0) is 6.07 Å². The van der Waals surface area contributed by atoms with Gasteiger partial charge in [-0.1, -0.05) is 17.5 Å². The quantitative estimate of drug-likeness (QED) is 0.451. The number of esters is 1. The summed E-state index contributed by atoms with van der Waals surface area (Å²) in [6.07, 6.45) is 6.29. The number of halogens is 1. The van der Waals surface area contributed by atoms with Crippen molar-refractivity contribution in [2.45, 2.75) is 0 Å². The summed E-state index contributed by atoms with van der Waals surface area (Å²) >= 11 is 5.61. The molecule has 0 saturated carbocycles. The van der Waals surface area contributed by atoms with Gasteiger partial charge in [0.05, 0.1) is 11.3 Å². The molecule has 0 aliphatic carbocycles. The predicted octanol–water partition coefficient (Wildman–Crippen LogP) is 1.11. The molecule has 0 radical (unpaired) electrons. The molecule has 1 aromatic rings. The van der Waals surface area contributed by atoms with E-state index in [2.05, 4.69) is 15.6 Å². The summed E-state index contributed by atoms with van der Waals surface area (Å²) in [5.74, 6) is 1.56. The summed E-state index contributed by atoms with van der Waals surface area (Å²) in [4.78, 5) is 15.0. The number of carbonyl (C=O) groups is 1. The monoisotopic (exact) mass is 210 g/mol. The third kappa shape index (κ3) is 2.15. The first-order valence-electron chi connectivity index (χ1n) is 3.67. The number of rotatable bonds is 2. The molecule has 0 aliphatic rings. The third-order valence-electron chi connectivity index (χ3n) is 1.45. The van der Waals surface area contributed by atoms with Gasteiger partial charge in [0.15, 0.2) is 11.8 Å². The number of nitrogen functional groups attached to an aromatic ring is 1. The predicted molar refractivity (Wildman–Crippen MR) is 52.8 cm³/mol. The van der Waals surface area contributed by atoms with E-state index >= 15 is 0 Å². The molecule has 0 unspecified atom stereocenters. The van der Waals surface area contributed by atoms with Crippen molar-refractivity contribution in [2.75, 3.05) is 12.3 Å². The van der Waals surface area contributed by atoms with Crippen LogP contribution in [0.3, 0.4) is 0 Å². The van der Waals surface area contributed by atoms with Crippen LogP contribution in [-0.2, 0) is 4.74 Å². The van der Waals surface area contributed by atoms with Crippen LogP contribution >= 0.6 is 11.6 Å². The minimum Gasteiger partial charge on any atom is -0.449 e. The first kappa shape index (κ1) is 10.4. The topological polar surface area (TPSA) is 65.2 Å². The van der Waals surface area contributed by atoms with Gasteiger partial charge in [0.1, 0.15) is 0 Å². The van der Waals surface area contributed by atoms with Gasteiger partial charge in [-0.3, -0.25) is 0 Å². The lowest BCUT2D eigenvalue weighted by Crippen LogP contribution is -2.09. The van der Waals surface area contributed by atoms with E-state index < -0.39 is 5.97 Å². The Morgan fingerprint density at radius 1 is 1.79 bits per heavy atom. The van der Waals surface area contributed by atoms with Crippen LogP contribution in [0.15, 0.2) is 12.3 Å². The summed E-state index contributed by atoms with van der Waals surface area (Å²) in [6, 6.07) is 1.42. The number of terminal acetylenes is 1. The summed E-state index contributed by atoms with van der Waals surface area (Å²) in [6.45, 7) is -0.0990. The molecule has 1 aromatic heterocycles. The summed E-state index contributed by atoms with van der Waals surface area (Å²) < 4.78 is 4.67. The van der Waals surface area contributed by atoms with Crippen LogP contribution in [0.5, 0.6) is 0 Å². The average Bonchev–Trinajstić information content (AvgIpc) is 2.18. The molecule has 0 saturated heterocycles. The molecule has 14 heavy (non-hydrogen) atoms. The summed E-state index contributed by atoms with van der Waals surface area (Å²) in [7, 11) is 0. The van der Waals surface area contributed by atoms with Crippen molar-refractivity contribution in [3.05, 3.63) is 23.0 Å². The molecule has 1 heterocycles. The molecule has 0 spiro atoms. The lowest BCUT2D eigenvalue weighted by molar-refractivity contribution is 0.0558. The molecular formula is C9H7ClN2O2. The molecular weight excluding hydrogens is 204 g/mol. The third-order valence-corrected chi connectivity index (χ3v) is 1.75. The first-order chi connectivity index (χ1) is 6.66. The van der Waals surface area contributed by atoms with E-state index in [1.807, 2.05) is 0 Å². The van der Waals surface area contributed by atoms with Crippen LogP contribution in [0.1, 0.15) is 10.4 Å². The van der Waals surface area contributed by atoms with Gasteiger partial charge >= 0.3 is 5.97 Å². The molecule has 72 valence electrons. The van der Waals surface area contributed by atoms with Crippen LogP contribution in [0, 0.1) is 12.3 Å². The van der Waals surface area contributed by atoms with Crippen LogP contribution in [-0.4, -0.2) is 17.6 Å². The molecule has 0 bridgehead atoms. The highest BCUT2D eigenvalue weighted by atomic mass is 35.5. The van der Waals surface area contributed by atoms with Gasteiger partial charge in [0, 0.05) is 6.20 Å². The standard InChI is InChI=1S/C9H7ClN2O2/c1-2-5-14-9(13)6-3-4-12-8(10)7(6)11/h1,3-4H,5,11H2. The Bertz CT molecular complexity index is 398. The van der Waals surface area contributed by atoms with Crippen LogP contribution in [0.25, 0.3) is 0 Å². The van der Waals surface area contributed by atoms with E-state index in [0.717, 1.165) is 0 Å². The minimum absolute atomic E-state index is 0.0696. The Morgan fingerprint density at radius 3 is 3.14 bits per heavy atom. The number of aromatic nitrogens is 1. The molecule has 0 aromatic carbocycles. The smallest absolute Gasteiger partial charge is 0.341 e. The van der Waals surface area contributed by atoms with Crippen molar-refractivity contribution in [1.29, 1.82) is 0 Å². The van der Waals surface area contributed by atoms with Gasteiger partial charge in [-0.2, -0.15) is 0 Å². The number of hydrogen-bond donors (Lipinski definition) is 1. The maximum atomic E-state index is 11.3. The number of pyridine rings is 1. The lowest BCUT2D eigenvalue weighted by atomic mass is 10.2. The second-order valence-electron chi connectivity index (χ2n) is 2.34. The van der Waals surface area contributed by atoms with Gasteiger partial charge < -0.3 is 10.5 Å². The van der Waals surface area contributed by atoms with Gasteiger partial charge in [0.2, 0.25) is 0 Å². The zero-order valence-corrected chi connectivity index (χ0v) is 7.91. The highest BCUT2D eigenvalue weighted by molar-refractivity contribution is 6.32. The van der Waals surface area contributed by atoms with Crippen LogP contribution < -0.4 is 5.73 Å². The first-order valence-corrected chi connectivity index (χ1v) is 4.05. The largest absolute Gasteiger partial charge is 0.449 e. The zero-order chi connectivity index (χ0) is 10.6. The molecule has 5 heteroatoms. The highest BCUT2D eigenvalue weighted by Crippen LogP contribution is 2.20. The van der Waals surface area contributed by atoms with E-state index in [4.69, 9.17) is 23.8 Å². The molecule has 1 rings (SSSR count). The Hall–Kier alpha value is -1.73. The molecule has 4 nitrogen and oxygen atoms in total. The van der Waals surface area contributed by atoms with E-state index in [1.54, 1.807) is 0 Å². The lowest BCUT2D eigenvalue weighted by Gasteiger charge is -2.04. The number of carbonyl (C=O) groups excluding carboxylic acids is 1. The second kappa shape index (κ2) is 4.49. The maximum absolute atomic E-state index is 11.3.